The lowest BCUT2D eigenvalue weighted by atomic mass is 10.2. The van der Waals surface area contributed by atoms with Crippen molar-refractivity contribution in [3.63, 3.8) is 0 Å². The number of hydrogen-bond acceptors (Lipinski definition) is 2. The van der Waals surface area contributed by atoms with Crippen LogP contribution in [0.15, 0.2) is 6.20 Å². The molecule has 2 rings (SSSR count). The Balaban J connectivity index is 2.32. The van der Waals surface area contributed by atoms with Gasteiger partial charge in [-0.05, 0) is 12.3 Å². The van der Waals surface area contributed by atoms with E-state index in [4.69, 9.17) is 0 Å². The van der Waals surface area contributed by atoms with E-state index in [1.54, 1.807) is 0 Å². The molecule has 1 aromatic heterocycles. The molecule has 1 aliphatic rings. The fourth-order valence-electron chi connectivity index (χ4n) is 1.48. The molecule has 1 aromatic rings. The lowest BCUT2D eigenvalue weighted by Gasteiger charge is -2.14. The van der Waals surface area contributed by atoms with E-state index in [0.29, 0.717) is 5.92 Å². The molecule has 1 N–H and O–H groups in total. The van der Waals surface area contributed by atoms with E-state index < -0.39 is 0 Å². The summed E-state index contributed by atoms with van der Waals surface area (Å²) >= 11 is 0. The molecular weight excluding hydrogens is 150 g/mol. The minimum atomic E-state index is 0.532. The molecule has 1 aliphatic heterocycles. The van der Waals surface area contributed by atoms with Gasteiger partial charge in [0.2, 0.25) is 0 Å². The normalized spacial score (nSPS) is 15.9. The van der Waals surface area contributed by atoms with Crippen molar-refractivity contribution >= 4 is 0 Å². The van der Waals surface area contributed by atoms with E-state index >= 15 is 0 Å². The van der Waals surface area contributed by atoms with Crippen LogP contribution in [0.5, 0.6) is 0 Å². The summed E-state index contributed by atoms with van der Waals surface area (Å²) in [5.74, 6) is 1.72. The number of aromatic nitrogens is 2. The standard InChI is InChI=1S/C9H15N3/c1-7(2)8-6-12-9(11-8)4-3-5-10-12/h6-7,10H,3-5H2,1-2H3. The van der Waals surface area contributed by atoms with Crippen LogP contribution >= 0.6 is 0 Å². The summed E-state index contributed by atoms with van der Waals surface area (Å²) in [6.45, 7) is 5.42. The molecule has 0 aliphatic carbocycles. The first-order valence-corrected chi connectivity index (χ1v) is 4.59. The number of rotatable bonds is 1. The maximum Gasteiger partial charge on any atom is 0.127 e. The van der Waals surface area contributed by atoms with E-state index in [2.05, 4.69) is 35.1 Å². The number of aryl methyl sites for hydroxylation is 1. The zero-order valence-electron chi connectivity index (χ0n) is 7.67. The van der Waals surface area contributed by atoms with Crippen LogP contribution in [0, 0.1) is 0 Å². The molecule has 0 aromatic carbocycles. The molecule has 0 spiro atoms. The first kappa shape index (κ1) is 7.65. The lowest BCUT2D eigenvalue weighted by molar-refractivity contribution is 0.648. The highest BCUT2D eigenvalue weighted by Crippen LogP contribution is 2.15. The average molecular weight is 165 g/mol. The Labute approximate surface area is 72.8 Å². The van der Waals surface area contributed by atoms with Crippen LogP contribution in [-0.4, -0.2) is 16.2 Å². The molecule has 3 nitrogen and oxygen atoms in total. The zero-order chi connectivity index (χ0) is 8.55. The second-order valence-corrected chi connectivity index (χ2v) is 3.62. The van der Waals surface area contributed by atoms with Crippen LogP contribution in [0.25, 0.3) is 0 Å². The molecule has 0 unspecified atom stereocenters. The van der Waals surface area contributed by atoms with Gasteiger partial charge in [-0.2, -0.15) is 0 Å². The monoisotopic (exact) mass is 165 g/mol. The maximum absolute atomic E-state index is 4.55. The fourth-order valence-corrected chi connectivity index (χ4v) is 1.48. The fraction of sp³-hybridized carbons (Fsp3) is 0.667. The van der Waals surface area contributed by atoms with Gasteiger partial charge in [-0.3, -0.25) is 4.68 Å². The Morgan fingerprint density at radius 3 is 3.08 bits per heavy atom. The highest BCUT2D eigenvalue weighted by atomic mass is 15.4. The third-order valence-electron chi connectivity index (χ3n) is 2.25. The Morgan fingerprint density at radius 1 is 1.58 bits per heavy atom. The third-order valence-corrected chi connectivity index (χ3v) is 2.25. The number of fused-ring (bicyclic) bond motifs is 1. The lowest BCUT2D eigenvalue weighted by Crippen LogP contribution is -2.23. The Kier molecular flexibility index (Phi) is 1.79. The third kappa shape index (κ3) is 1.19. The molecule has 3 heteroatoms. The van der Waals surface area contributed by atoms with E-state index in [1.807, 2.05) is 0 Å². The second kappa shape index (κ2) is 2.81. The molecule has 0 fully saturated rings. The number of nitrogens with zero attached hydrogens (tertiary/aromatic N) is 2. The van der Waals surface area contributed by atoms with Crippen molar-refractivity contribution in [1.82, 2.24) is 9.66 Å². The number of nitrogens with one attached hydrogen (secondary N) is 1. The summed E-state index contributed by atoms with van der Waals surface area (Å²) in [5, 5.41) is 0. The molecule has 0 amide bonds. The number of hydrogen-bond donors (Lipinski definition) is 1. The van der Waals surface area contributed by atoms with Gasteiger partial charge in [0.1, 0.15) is 5.82 Å². The molecular formula is C9H15N3. The first-order chi connectivity index (χ1) is 5.77. The van der Waals surface area contributed by atoms with Crippen molar-refractivity contribution in [3.8, 4) is 0 Å². The minimum absolute atomic E-state index is 0.532. The number of imidazole rings is 1. The SMILES string of the molecule is CC(C)c1cn2c(n1)CCCN2. The van der Waals surface area contributed by atoms with Gasteiger partial charge in [0.25, 0.3) is 0 Å². The predicted molar refractivity (Wildman–Crippen MR) is 48.9 cm³/mol. The van der Waals surface area contributed by atoms with Gasteiger partial charge in [0.05, 0.1) is 5.69 Å². The molecule has 0 saturated heterocycles. The summed E-state index contributed by atoms with van der Waals surface area (Å²) in [4.78, 5) is 4.55. The van der Waals surface area contributed by atoms with Gasteiger partial charge in [0, 0.05) is 19.2 Å². The van der Waals surface area contributed by atoms with E-state index in [1.165, 1.54) is 17.9 Å². The van der Waals surface area contributed by atoms with Crippen molar-refractivity contribution in [2.45, 2.75) is 32.6 Å². The van der Waals surface area contributed by atoms with Gasteiger partial charge >= 0.3 is 0 Å². The van der Waals surface area contributed by atoms with Crippen molar-refractivity contribution < 1.29 is 0 Å². The van der Waals surface area contributed by atoms with Crippen LogP contribution in [-0.2, 0) is 6.42 Å². The Bertz CT molecular complexity index is 252. The molecule has 66 valence electrons. The highest BCUT2D eigenvalue weighted by Gasteiger charge is 2.12. The second-order valence-electron chi connectivity index (χ2n) is 3.62. The smallest absolute Gasteiger partial charge is 0.127 e. The molecule has 2 heterocycles. The summed E-state index contributed by atoms with van der Waals surface area (Å²) < 4.78 is 2.07. The quantitative estimate of drug-likeness (QED) is 0.683. The van der Waals surface area contributed by atoms with Crippen LogP contribution in [0.3, 0.4) is 0 Å². The van der Waals surface area contributed by atoms with Gasteiger partial charge in [-0.1, -0.05) is 13.8 Å². The van der Waals surface area contributed by atoms with Gasteiger partial charge in [0.15, 0.2) is 0 Å². The first-order valence-electron chi connectivity index (χ1n) is 4.59. The summed E-state index contributed by atoms with van der Waals surface area (Å²) in [6, 6.07) is 0. The van der Waals surface area contributed by atoms with Crippen molar-refractivity contribution in [2.75, 3.05) is 12.0 Å². The van der Waals surface area contributed by atoms with Gasteiger partial charge in [-0.25, -0.2) is 4.98 Å². The predicted octanol–water partition coefficient (Wildman–Crippen LogP) is 1.50. The molecule has 0 saturated carbocycles. The van der Waals surface area contributed by atoms with Crippen LogP contribution in [0.4, 0.5) is 0 Å². The van der Waals surface area contributed by atoms with Crippen molar-refractivity contribution in [2.24, 2.45) is 0 Å². The summed E-state index contributed by atoms with van der Waals surface area (Å²) in [6.07, 6.45) is 4.42. The molecule has 0 radical (unpaired) electrons. The van der Waals surface area contributed by atoms with Gasteiger partial charge in [-0.15, -0.1) is 0 Å². The summed E-state index contributed by atoms with van der Waals surface area (Å²) in [5.41, 5.74) is 4.49. The molecule has 12 heavy (non-hydrogen) atoms. The van der Waals surface area contributed by atoms with Crippen molar-refractivity contribution in [3.05, 3.63) is 17.7 Å². The maximum atomic E-state index is 4.55. The highest BCUT2D eigenvalue weighted by molar-refractivity contribution is 5.11. The average Bonchev–Trinajstić information content (AvgIpc) is 2.46. The largest absolute Gasteiger partial charge is 0.325 e. The minimum Gasteiger partial charge on any atom is -0.325 e. The van der Waals surface area contributed by atoms with Gasteiger partial charge < -0.3 is 5.43 Å². The Morgan fingerprint density at radius 2 is 2.42 bits per heavy atom. The van der Waals surface area contributed by atoms with Crippen LogP contribution in [0.2, 0.25) is 0 Å². The topological polar surface area (TPSA) is 29.9 Å². The Hall–Kier alpha value is -0.990. The summed E-state index contributed by atoms with van der Waals surface area (Å²) in [7, 11) is 0. The van der Waals surface area contributed by atoms with E-state index in [9.17, 15) is 0 Å². The molecule has 0 atom stereocenters. The van der Waals surface area contributed by atoms with Crippen molar-refractivity contribution in [1.29, 1.82) is 0 Å². The van der Waals surface area contributed by atoms with E-state index in [0.717, 1.165) is 13.0 Å². The van der Waals surface area contributed by atoms with Crippen LogP contribution in [0.1, 0.15) is 37.7 Å². The van der Waals surface area contributed by atoms with Crippen LogP contribution < -0.4 is 5.43 Å². The van der Waals surface area contributed by atoms with E-state index in [-0.39, 0.29) is 0 Å². The zero-order valence-corrected chi connectivity index (χ0v) is 7.67. The molecule has 0 bridgehead atoms.